The van der Waals surface area contributed by atoms with Crippen molar-refractivity contribution in [3.8, 4) is 0 Å². The minimum atomic E-state index is -0.140. The van der Waals surface area contributed by atoms with Gasteiger partial charge in [0.2, 0.25) is 0 Å². The van der Waals surface area contributed by atoms with Crippen LogP contribution >= 0.6 is 27.5 Å². The van der Waals surface area contributed by atoms with Crippen LogP contribution in [0.2, 0.25) is 5.02 Å². The molecule has 0 radical (unpaired) electrons. The van der Waals surface area contributed by atoms with Crippen molar-refractivity contribution in [2.45, 2.75) is 25.8 Å². The third-order valence-corrected chi connectivity index (χ3v) is 4.66. The summed E-state index contributed by atoms with van der Waals surface area (Å²) in [7, 11) is 0. The Balaban J connectivity index is 2.17. The van der Waals surface area contributed by atoms with Crippen molar-refractivity contribution in [1.82, 2.24) is 0 Å². The molecule has 21 heavy (non-hydrogen) atoms. The van der Waals surface area contributed by atoms with E-state index in [1.807, 2.05) is 18.2 Å². The summed E-state index contributed by atoms with van der Waals surface area (Å²) in [5, 5.41) is 13.6. The van der Waals surface area contributed by atoms with E-state index in [9.17, 15) is 5.11 Å². The Bertz CT molecular complexity index is 598. The van der Waals surface area contributed by atoms with Gasteiger partial charge < -0.3 is 10.4 Å². The fraction of sp³-hybridized carbons (Fsp3) is 0.294. The Morgan fingerprint density at radius 3 is 2.24 bits per heavy atom. The molecule has 4 heteroatoms. The first-order valence-electron chi connectivity index (χ1n) is 6.93. The van der Waals surface area contributed by atoms with Gasteiger partial charge in [-0.1, -0.05) is 49.7 Å². The molecule has 0 aliphatic rings. The second-order valence-electron chi connectivity index (χ2n) is 5.33. The molecule has 0 bridgehead atoms. The van der Waals surface area contributed by atoms with Crippen LogP contribution in [-0.2, 0) is 0 Å². The van der Waals surface area contributed by atoms with Crippen molar-refractivity contribution in [1.29, 1.82) is 0 Å². The summed E-state index contributed by atoms with van der Waals surface area (Å²) in [5.41, 5.74) is 3.27. The first-order chi connectivity index (χ1) is 10.0. The van der Waals surface area contributed by atoms with E-state index < -0.39 is 0 Å². The number of hydrogen-bond donors (Lipinski definition) is 2. The van der Waals surface area contributed by atoms with E-state index in [0.717, 1.165) is 15.7 Å². The van der Waals surface area contributed by atoms with E-state index in [-0.39, 0.29) is 12.6 Å². The molecule has 2 aromatic carbocycles. The number of nitrogens with one attached hydrogen (secondary N) is 1. The predicted molar refractivity (Wildman–Crippen MR) is 93.1 cm³/mol. The van der Waals surface area contributed by atoms with Crippen molar-refractivity contribution >= 4 is 33.2 Å². The van der Waals surface area contributed by atoms with Gasteiger partial charge in [-0.25, -0.2) is 0 Å². The number of anilines is 1. The zero-order chi connectivity index (χ0) is 15.4. The van der Waals surface area contributed by atoms with Crippen LogP contribution in [0.5, 0.6) is 0 Å². The fourth-order valence-electron chi connectivity index (χ4n) is 2.13. The third-order valence-electron chi connectivity index (χ3n) is 3.45. The highest BCUT2D eigenvalue weighted by atomic mass is 79.9. The number of aliphatic hydroxyl groups is 1. The molecule has 0 spiro atoms. The SMILES string of the molecule is CC(C)c1ccc(C(CO)Nc2ccc(Cl)c(Br)c2)cc1. The van der Waals surface area contributed by atoms with Crippen LogP contribution in [0.3, 0.4) is 0 Å². The lowest BCUT2D eigenvalue weighted by atomic mass is 9.99. The molecule has 0 saturated carbocycles. The Morgan fingerprint density at radius 1 is 1.10 bits per heavy atom. The minimum Gasteiger partial charge on any atom is -0.394 e. The molecule has 0 aromatic heterocycles. The monoisotopic (exact) mass is 367 g/mol. The summed E-state index contributed by atoms with van der Waals surface area (Å²) in [4.78, 5) is 0. The predicted octanol–water partition coefficient (Wildman–Crippen LogP) is 5.37. The topological polar surface area (TPSA) is 32.3 Å². The van der Waals surface area contributed by atoms with Crippen LogP contribution < -0.4 is 5.32 Å². The summed E-state index contributed by atoms with van der Waals surface area (Å²) in [5.74, 6) is 0.506. The largest absolute Gasteiger partial charge is 0.394 e. The Labute approximate surface area is 139 Å². The molecule has 0 aliphatic heterocycles. The van der Waals surface area contributed by atoms with Gasteiger partial charge in [-0.15, -0.1) is 0 Å². The Kier molecular flexibility index (Phi) is 5.68. The molecule has 0 amide bonds. The third kappa shape index (κ3) is 4.22. The molecule has 0 fully saturated rings. The van der Waals surface area contributed by atoms with Crippen molar-refractivity contribution in [3.63, 3.8) is 0 Å². The number of rotatable bonds is 5. The number of benzene rings is 2. The minimum absolute atomic E-state index is 0.0290. The van der Waals surface area contributed by atoms with Gasteiger partial charge in [0.15, 0.2) is 0 Å². The van der Waals surface area contributed by atoms with Gasteiger partial charge in [0.1, 0.15) is 0 Å². The smallest absolute Gasteiger partial charge is 0.0745 e. The van der Waals surface area contributed by atoms with Gasteiger partial charge in [0.25, 0.3) is 0 Å². The van der Waals surface area contributed by atoms with Crippen LogP contribution in [0.25, 0.3) is 0 Å². The zero-order valence-corrected chi connectivity index (χ0v) is 14.4. The molecular formula is C17H19BrClNO. The van der Waals surface area contributed by atoms with Gasteiger partial charge in [-0.2, -0.15) is 0 Å². The van der Waals surface area contributed by atoms with Crippen molar-refractivity contribution < 1.29 is 5.11 Å². The van der Waals surface area contributed by atoms with Gasteiger partial charge in [0.05, 0.1) is 17.7 Å². The van der Waals surface area contributed by atoms with Crippen LogP contribution in [0.4, 0.5) is 5.69 Å². The Hall–Kier alpha value is -1.03. The second kappa shape index (κ2) is 7.30. The lowest BCUT2D eigenvalue weighted by Crippen LogP contribution is -2.14. The lowest BCUT2D eigenvalue weighted by Gasteiger charge is -2.19. The molecule has 112 valence electrons. The lowest BCUT2D eigenvalue weighted by molar-refractivity contribution is 0.276. The summed E-state index contributed by atoms with van der Waals surface area (Å²) in [6, 6.07) is 13.8. The molecule has 0 heterocycles. The average molecular weight is 369 g/mol. The van der Waals surface area contributed by atoms with Crippen LogP contribution in [0.15, 0.2) is 46.9 Å². The quantitative estimate of drug-likeness (QED) is 0.743. The molecule has 2 aromatic rings. The van der Waals surface area contributed by atoms with E-state index in [2.05, 4.69) is 59.4 Å². The van der Waals surface area contributed by atoms with Gasteiger partial charge in [-0.3, -0.25) is 0 Å². The summed E-state index contributed by atoms with van der Waals surface area (Å²) in [6.07, 6.45) is 0. The molecule has 1 atom stereocenters. The molecule has 2 nitrogen and oxygen atoms in total. The summed E-state index contributed by atoms with van der Waals surface area (Å²) in [6.45, 7) is 4.37. The van der Waals surface area contributed by atoms with Crippen LogP contribution in [-0.4, -0.2) is 11.7 Å². The number of aliphatic hydroxyl groups excluding tert-OH is 1. The molecule has 2 rings (SSSR count). The molecule has 0 saturated heterocycles. The van der Waals surface area contributed by atoms with Gasteiger partial charge in [-0.05, 0) is 51.2 Å². The van der Waals surface area contributed by atoms with E-state index in [1.165, 1.54) is 5.56 Å². The molecule has 1 unspecified atom stereocenters. The van der Waals surface area contributed by atoms with Crippen LogP contribution in [0.1, 0.15) is 36.9 Å². The zero-order valence-electron chi connectivity index (χ0n) is 12.1. The highest BCUT2D eigenvalue weighted by Crippen LogP contribution is 2.28. The summed E-state index contributed by atoms with van der Waals surface area (Å²) < 4.78 is 0.834. The Morgan fingerprint density at radius 2 is 1.71 bits per heavy atom. The number of halogens is 2. The maximum absolute atomic E-state index is 9.64. The highest BCUT2D eigenvalue weighted by Gasteiger charge is 2.11. The molecule has 2 N–H and O–H groups in total. The van der Waals surface area contributed by atoms with Crippen molar-refractivity contribution in [2.75, 3.05) is 11.9 Å². The first-order valence-corrected chi connectivity index (χ1v) is 8.10. The van der Waals surface area contributed by atoms with Gasteiger partial charge in [0, 0.05) is 10.2 Å². The molecular weight excluding hydrogens is 350 g/mol. The summed E-state index contributed by atoms with van der Waals surface area (Å²) >= 11 is 9.40. The van der Waals surface area contributed by atoms with Crippen LogP contribution in [0, 0.1) is 0 Å². The van der Waals surface area contributed by atoms with E-state index in [1.54, 1.807) is 0 Å². The van der Waals surface area contributed by atoms with Crippen molar-refractivity contribution in [2.24, 2.45) is 0 Å². The highest BCUT2D eigenvalue weighted by molar-refractivity contribution is 9.10. The standard InChI is InChI=1S/C17H19BrClNO/c1-11(2)12-3-5-13(6-4-12)17(10-21)20-14-7-8-16(19)15(18)9-14/h3-9,11,17,20-21H,10H2,1-2H3. The number of hydrogen-bond acceptors (Lipinski definition) is 2. The average Bonchev–Trinajstić information content (AvgIpc) is 2.48. The second-order valence-corrected chi connectivity index (χ2v) is 6.59. The normalized spacial score (nSPS) is 12.5. The first kappa shape index (κ1) is 16.3. The fourth-order valence-corrected chi connectivity index (χ4v) is 2.63. The van der Waals surface area contributed by atoms with Crippen molar-refractivity contribution in [3.05, 3.63) is 63.1 Å². The maximum Gasteiger partial charge on any atom is 0.0745 e. The van der Waals surface area contributed by atoms with Gasteiger partial charge >= 0.3 is 0 Å². The van der Waals surface area contributed by atoms with E-state index in [4.69, 9.17) is 11.6 Å². The molecule has 0 aliphatic carbocycles. The maximum atomic E-state index is 9.64. The van der Waals surface area contributed by atoms with E-state index in [0.29, 0.717) is 10.9 Å². The van der Waals surface area contributed by atoms with E-state index >= 15 is 0 Å².